The molecule has 0 aliphatic carbocycles. The SMILES string of the molecule is O=C(/C=C/c1cccnc1)CCc1cc2cc(-c3ccc(C(=O)N4CCC(F)(F)CC4)cn3)cc(-c3ccc(F)cc3)c2o1. The maximum Gasteiger partial charge on any atom is 0.255 e. The van der Waals surface area contributed by atoms with Gasteiger partial charge in [-0.1, -0.05) is 18.2 Å². The Bertz CT molecular complexity index is 1820. The van der Waals surface area contributed by atoms with E-state index in [2.05, 4.69) is 9.97 Å². The van der Waals surface area contributed by atoms with Crippen LogP contribution in [0.15, 0.2) is 95.8 Å². The van der Waals surface area contributed by atoms with E-state index in [0.717, 1.165) is 27.6 Å². The van der Waals surface area contributed by atoms with Crippen LogP contribution in [0.1, 0.15) is 40.9 Å². The largest absolute Gasteiger partial charge is 0.460 e. The van der Waals surface area contributed by atoms with Gasteiger partial charge in [0.05, 0.1) is 11.3 Å². The van der Waals surface area contributed by atoms with Gasteiger partial charge in [0.2, 0.25) is 0 Å². The number of hydrogen-bond donors (Lipinski definition) is 0. The zero-order valence-corrected chi connectivity index (χ0v) is 23.7. The molecule has 0 bridgehead atoms. The fraction of sp³-hybridized carbons (Fsp3) is 0.200. The van der Waals surface area contributed by atoms with Crippen molar-refractivity contribution in [3.8, 4) is 22.4 Å². The molecule has 9 heteroatoms. The van der Waals surface area contributed by atoms with E-state index in [0.29, 0.717) is 29.0 Å². The first-order valence-corrected chi connectivity index (χ1v) is 14.3. The van der Waals surface area contributed by atoms with E-state index in [-0.39, 0.29) is 49.9 Å². The van der Waals surface area contributed by atoms with Crippen LogP contribution >= 0.6 is 0 Å². The Morgan fingerprint density at radius 1 is 0.955 bits per heavy atom. The number of likely N-dealkylation sites (tertiary alicyclic amines) is 1. The van der Waals surface area contributed by atoms with Gasteiger partial charge in [0.1, 0.15) is 17.2 Å². The predicted molar refractivity (Wildman–Crippen MR) is 162 cm³/mol. The number of aromatic nitrogens is 2. The average Bonchev–Trinajstić information content (AvgIpc) is 3.46. The van der Waals surface area contributed by atoms with Crippen molar-refractivity contribution in [2.45, 2.75) is 31.6 Å². The van der Waals surface area contributed by atoms with Gasteiger partial charge in [-0.2, -0.15) is 0 Å². The summed E-state index contributed by atoms with van der Waals surface area (Å²) in [5, 5.41) is 0.784. The lowest BCUT2D eigenvalue weighted by atomic mass is 9.98. The highest BCUT2D eigenvalue weighted by Crippen LogP contribution is 2.36. The van der Waals surface area contributed by atoms with E-state index >= 15 is 0 Å². The maximum absolute atomic E-state index is 13.7. The Kier molecular flexibility index (Phi) is 8.11. The number of rotatable bonds is 8. The predicted octanol–water partition coefficient (Wildman–Crippen LogP) is 7.78. The molecule has 6 rings (SSSR count). The number of carbonyl (C=O) groups excluding carboxylic acids is 2. The molecule has 4 heterocycles. The van der Waals surface area contributed by atoms with Gasteiger partial charge in [-0.3, -0.25) is 19.6 Å². The number of fused-ring (bicyclic) bond motifs is 1. The Morgan fingerprint density at radius 2 is 1.75 bits per heavy atom. The second kappa shape index (κ2) is 12.3. The summed E-state index contributed by atoms with van der Waals surface area (Å²) in [7, 11) is 0. The average molecular weight is 596 g/mol. The van der Waals surface area contributed by atoms with Crippen molar-refractivity contribution in [2.75, 3.05) is 13.1 Å². The van der Waals surface area contributed by atoms with E-state index in [9.17, 15) is 22.8 Å². The number of amides is 1. The van der Waals surface area contributed by atoms with E-state index in [1.165, 1.54) is 29.3 Å². The third kappa shape index (κ3) is 6.62. The third-order valence-corrected chi connectivity index (χ3v) is 7.67. The van der Waals surface area contributed by atoms with Gasteiger partial charge in [0.15, 0.2) is 5.78 Å². The van der Waals surface area contributed by atoms with Crippen molar-refractivity contribution in [1.29, 1.82) is 0 Å². The molecule has 1 aliphatic heterocycles. The molecule has 1 aliphatic rings. The van der Waals surface area contributed by atoms with E-state index in [4.69, 9.17) is 4.42 Å². The number of nitrogens with zero attached hydrogens (tertiary/aromatic N) is 3. The second-order valence-electron chi connectivity index (χ2n) is 10.8. The molecule has 2 aromatic carbocycles. The van der Waals surface area contributed by atoms with Crippen LogP contribution in [0.5, 0.6) is 0 Å². The molecule has 0 unspecified atom stereocenters. The maximum atomic E-state index is 13.7. The number of pyridine rings is 2. The van der Waals surface area contributed by atoms with E-state index in [1.54, 1.807) is 48.8 Å². The zero-order valence-electron chi connectivity index (χ0n) is 23.7. The molecule has 5 aromatic rings. The fourth-order valence-electron chi connectivity index (χ4n) is 5.23. The minimum atomic E-state index is -2.74. The van der Waals surface area contributed by atoms with Crippen LogP contribution < -0.4 is 0 Å². The van der Waals surface area contributed by atoms with Gasteiger partial charge in [0.25, 0.3) is 11.8 Å². The van der Waals surface area contributed by atoms with E-state index in [1.807, 2.05) is 24.3 Å². The molecule has 0 N–H and O–H groups in total. The van der Waals surface area contributed by atoms with Crippen molar-refractivity contribution >= 4 is 28.7 Å². The number of hydrogen-bond acceptors (Lipinski definition) is 5. The number of halogens is 3. The van der Waals surface area contributed by atoms with Crippen molar-refractivity contribution < 1.29 is 27.2 Å². The number of aryl methyl sites for hydroxylation is 1. The molecule has 1 amide bonds. The number of furan rings is 1. The summed E-state index contributed by atoms with van der Waals surface area (Å²) in [6, 6.07) is 18.8. The molecule has 1 fully saturated rings. The summed E-state index contributed by atoms with van der Waals surface area (Å²) >= 11 is 0. The van der Waals surface area contributed by atoms with Crippen LogP contribution in [0, 0.1) is 5.82 Å². The van der Waals surface area contributed by atoms with Crippen LogP contribution in [-0.2, 0) is 11.2 Å². The van der Waals surface area contributed by atoms with Crippen molar-refractivity contribution in [3.63, 3.8) is 0 Å². The summed E-state index contributed by atoms with van der Waals surface area (Å²) in [5.41, 5.74) is 4.56. The van der Waals surface area contributed by atoms with Crippen molar-refractivity contribution in [2.24, 2.45) is 0 Å². The number of piperidine rings is 1. The Morgan fingerprint density at radius 3 is 2.45 bits per heavy atom. The molecular weight excluding hydrogens is 567 g/mol. The fourth-order valence-corrected chi connectivity index (χ4v) is 5.23. The number of allylic oxidation sites excluding steroid dienone is 1. The lowest BCUT2D eigenvalue weighted by molar-refractivity contribution is -0.114. The standard InChI is InChI=1S/C35H28F3N3O3/c36-28-7-4-24(5-8-28)31-20-26(32-12-6-25(22-40-32)34(43)41-16-13-35(37,38)14-17-41)18-27-19-30(44-33(27)31)11-10-29(42)9-3-23-2-1-15-39-21-23/h1-9,12,15,18-22H,10-11,13-14,16-17H2/b9-3+. The zero-order chi connectivity index (χ0) is 30.7. The van der Waals surface area contributed by atoms with Crippen LogP contribution in [0.4, 0.5) is 13.2 Å². The first-order valence-electron chi connectivity index (χ1n) is 14.3. The quantitative estimate of drug-likeness (QED) is 0.171. The summed E-state index contributed by atoms with van der Waals surface area (Å²) in [6.07, 6.45) is 8.00. The molecule has 222 valence electrons. The first-order chi connectivity index (χ1) is 21.2. The number of benzene rings is 2. The highest BCUT2D eigenvalue weighted by Gasteiger charge is 2.35. The lowest BCUT2D eigenvalue weighted by Gasteiger charge is -2.31. The number of ketones is 1. The normalized spacial score (nSPS) is 14.8. The van der Waals surface area contributed by atoms with Crippen molar-refractivity contribution in [3.05, 3.63) is 114 Å². The third-order valence-electron chi connectivity index (χ3n) is 7.67. The molecule has 1 saturated heterocycles. The van der Waals surface area contributed by atoms with Crippen LogP contribution in [0.2, 0.25) is 0 Å². The minimum Gasteiger partial charge on any atom is -0.460 e. The molecule has 3 aromatic heterocycles. The topological polar surface area (TPSA) is 76.3 Å². The number of carbonyl (C=O) groups is 2. The number of alkyl halides is 2. The Hall–Kier alpha value is -5.05. The first kappa shape index (κ1) is 29.0. The second-order valence-corrected chi connectivity index (χ2v) is 10.8. The van der Waals surface area contributed by atoms with Gasteiger partial charge in [-0.05, 0) is 71.8 Å². The smallest absolute Gasteiger partial charge is 0.255 e. The minimum absolute atomic E-state index is 0.000492. The van der Waals surface area contributed by atoms with Gasteiger partial charge in [-0.15, -0.1) is 0 Å². The monoisotopic (exact) mass is 595 g/mol. The molecule has 0 atom stereocenters. The summed E-state index contributed by atoms with van der Waals surface area (Å²) in [5.74, 6) is -2.85. The molecule has 0 radical (unpaired) electrons. The van der Waals surface area contributed by atoms with Gasteiger partial charge in [-0.25, -0.2) is 13.2 Å². The summed E-state index contributed by atoms with van der Waals surface area (Å²) < 4.78 is 47.1. The highest BCUT2D eigenvalue weighted by molar-refractivity contribution is 5.98. The van der Waals surface area contributed by atoms with Crippen LogP contribution in [0.25, 0.3) is 39.4 Å². The summed E-state index contributed by atoms with van der Waals surface area (Å²) in [6.45, 7) is 0.000983. The lowest BCUT2D eigenvalue weighted by Crippen LogP contribution is -2.42. The van der Waals surface area contributed by atoms with Gasteiger partial charge < -0.3 is 9.32 Å². The molecular formula is C35H28F3N3O3. The van der Waals surface area contributed by atoms with Gasteiger partial charge in [0, 0.05) is 73.9 Å². The Balaban J connectivity index is 1.25. The Labute approximate surface area is 251 Å². The molecule has 0 spiro atoms. The van der Waals surface area contributed by atoms with Crippen molar-refractivity contribution in [1.82, 2.24) is 14.9 Å². The van der Waals surface area contributed by atoms with Crippen LogP contribution in [-0.4, -0.2) is 45.6 Å². The van der Waals surface area contributed by atoms with Gasteiger partial charge >= 0.3 is 0 Å². The molecule has 0 saturated carbocycles. The van der Waals surface area contributed by atoms with Crippen LogP contribution in [0.3, 0.4) is 0 Å². The molecule has 44 heavy (non-hydrogen) atoms. The summed E-state index contributed by atoms with van der Waals surface area (Å²) in [4.78, 5) is 35.4. The van der Waals surface area contributed by atoms with E-state index < -0.39 is 5.92 Å². The highest BCUT2D eigenvalue weighted by atomic mass is 19.3. The molecule has 6 nitrogen and oxygen atoms in total.